The van der Waals surface area contributed by atoms with Crippen molar-refractivity contribution in [2.45, 2.75) is 44.2 Å². The van der Waals surface area contributed by atoms with Crippen LogP contribution < -0.4 is 10.6 Å². The van der Waals surface area contributed by atoms with Gasteiger partial charge in [-0.25, -0.2) is 0 Å². The van der Waals surface area contributed by atoms with E-state index in [2.05, 4.69) is 38.5 Å². The van der Waals surface area contributed by atoms with Crippen molar-refractivity contribution in [1.82, 2.24) is 20.4 Å². The Kier molecular flexibility index (Phi) is 6.76. The quantitative estimate of drug-likeness (QED) is 0.609. The molecule has 140 valence electrons. The van der Waals surface area contributed by atoms with E-state index < -0.39 is 0 Å². The second-order valence-corrected chi connectivity index (χ2v) is 7.24. The molecule has 2 aliphatic heterocycles. The topological polar surface area (TPSA) is 56.0 Å². The second kappa shape index (κ2) is 9.25. The molecule has 2 atom stereocenters. The van der Waals surface area contributed by atoms with Crippen LogP contribution in [0.5, 0.6) is 0 Å². The molecule has 1 aromatic rings. The summed E-state index contributed by atoms with van der Waals surface area (Å²) in [6.45, 7) is 5.25. The summed E-state index contributed by atoms with van der Waals surface area (Å²) < 4.78 is 5.72. The van der Waals surface area contributed by atoms with Crippen LogP contribution in [0.4, 0.5) is 0 Å². The third-order valence-electron chi connectivity index (χ3n) is 5.57. The minimum absolute atomic E-state index is 0.267. The molecule has 0 radical (unpaired) electrons. The van der Waals surface area contributed by atoms with Gasteiger partial charge in [-0.1, -0.05) is 6.42 Å². The fraction of sp³-hybridized carbons (Fsp3) is 0.737. The summed E-state index contributed by atoms with van der Waals surface area (Å²) in [5, 5.41) is 7.01. The number of rotatable bonds is 6. The first-order valence-corrected chi connectivity index (χ1v) is 9.70. The predicted molar refractivity (Wildman–Crippen MR) is 102 cm³/mol. The summed E-state index contributed by atoms with van der Waals surface area (Å²) in [7, 11) is 4.05. The zero-order valence-corrected chi connectivity index (χ0v) is 15.7. The summed E-state index contributed by atoms with van der Waals surface area (Å²) in [5.41, 5.74) is 0. The first kappa shape index (κ1) is 18.3. The van der Waals surface area contributed by atoms with Crippen LogP contribution in [0.15, 0.2) is 27.8 Å². The fourth-order valence-corrected chi connectivity index (χ4v) is 3.99. The normalized spacial score (nSPS) is 24.4. The SMILES string of the molecule is CN=C(NCC1CCCN1C)NCC(c1ccco1)N1CCCCC1. The summed E-state index contributed by atoms with van der Waals surface area (Å²) in [5.74, 6) is 1.93. The van der Waals surface area contributed by atoms with Crippen molar-refractivity contribution in [3.63, 3.8) is 0 Å². The van der Waals surface area contributed by atoms with Crippen molar-refractivity contribution in [3.8, 4) is 0 Å². The first-order chi connectivity index (χ1) is 12.3. The van der Waals surface area contributed by atoms with Gasteiger partial charge < -0.3 is 20.0 Å². The van der Waals surface area contributed by atoms with Gasteiger partial charge in [0.15, 0.2) is 5.96 Å². The van der Waals surface area contributed by atoms with Gasteiger partial charge in [-0.2, -0.15) is 0 Å². The molecule has 2 fully saturated rings. The maximum atomic E-state index is 5.72. The lowest BCUT2D eigenvalue weighted by molar-refractivity contribution is 0.146. The average Bonchev–Trinajstić information content (AvgIpc) is 3.31. The highest BCUT2D eigenvalue weighted by Crippen LogP contribution is 2.24. The Bertz CT molecular complexity index is 524. The summed E-state index contributed by atoms with van der Waals surface area (Å²) in [4.78, 5) is 9.36. The number of guanidine groups is 1. The smallest absolute Gasteiger partial charge is 0.191 e. The lowest BCUT2D eigenvalue weighted by atomic mass is 10.1. The van der Waals surface area contributed by atoms with Crippen LogP contribution in [0.1, 0.15) is 43.9 Å². The largest absolute Gasteiger partial charge is 0.468 e. The van der Waals surface area contributed by atoms with Crippen LogP contribution >= 0.6 is 0 Å². The first-order valence-electron chi connectivity index (χ1n) is 9.70. The van der Waals surface area contributed by atoms with Crippen molar-refractivity contribution in [2.24, 2.45) is 4.99 Å². The van der Waals surface area contributed by atoms with Gasteiger partial charge in [0.25, 0.3) is 0 Å². The minimum Gasteiger partial charge on any atom is -0.468 e. The van der Waals surface area contributed by atoms with Crippen molar-refractivity contribution >= 4 is 5.96 Å². The molecule has 0 aliphatic carbocycles. The van der Waals surface area contributed by atoms with E-state index in [4.69, 9.17) is 4.42 Å². The van der Waals surface area contributed by atoms with E-state index in [1.807, 2.05) is 13.1 Å². The summed E-state index contributed by atoms with van der Waals surface area (Å²) >= 11 is 0. The van der Waals surface area contributed by atoms with E-state index in [1.54, 1.807) is 6.26 Å². The predicted octanol–water partition coefficient (Wildman–Crippen LogP) is 2.07. The third-order valence-corrected chi connectivity index (χ3v) is 5.57. The molecule has 2 unspecified atom stereocenters. The molecule has 2 aliphatic rings. The molecule has 1 aromatic heterocycles. The average molecular weight is 348 g/mol. The maximum Gasteiger partial charge on any atom is 0.191 e. The number of nitrogens with zero attached hydrogens (tertiary/aromatic N) is 3. The Morgan fingerprint density at radius 2 is 2.08 bits per heavy atom. The molecule has 0 aromatic carbocycles. The van der Waals surface area contributed by atoms with Gasteiger partial charge in [-0.15, -0.1) is 0 Å². The number of nitrogens with one attached hydrogen (secondary N) is 2. The van der Waals surface area contributed by atoms with Crippen LogP contribution in [0.25, 0.3) is 0 Å². The minimum atomic E-state index is 0.267. The number of hydrogen-bond acceptors (Lipinski definition) is 4. The van der Waals surface area contributed by atoms with Crippen molar-refractivity contribution < 1.29 is 4.42 Å². The highest BCUT2D eigenvalue weighted by molar-refractivity contribution is 5.79. The summed E-state index contributed by atoms with van der Waals surface area (Å²) in [6.07, 6.45) is 8.23. The molecule has 0 saturated carbocycles. The molecule has 6 heteroatoms. The van der Waals surface area contributed by atoms with E-state index in [1.165, 1.54) is 38.6 Å². The van der Waals surface area contributed by atoms with Crippen LogP contribution in [0.2, 0.25) is 0 Å². The van der Waals surface area contributed by atoms with E-state index in [9.17, 15) is 0 Å². The lowest BCUT2D eigenvalue weighted by Gasteiger charge is -2.33. The number of furan rings is 1. The van der Waals surface area contributed by atoms with Gasteiger partial charge in [-0.3, -0.25) is 9.89 Å². The zero-order valence-electron chi connectivity index (χ0n) is 15.7. The highest BCUT2D eigenvalue weighted by Gasteiger charge is 2.25. The van der Waals surface area contributed by atoms with E-state index >= 15 is 0 Å². The van der Waals surface area contributed by atoms with Gasteiger partial charge in [0.2, 0.25) is 0 Å². The molecule has 2 N–H and O–H groups in total. The maximum absolute atomic E-state index is 5.72. The van der Waals surface area contributed by atoms with Gasteiger partial charge in [-0.05, 0) is 64.5 Å². The monoisotopic (exact) mass is 347 g/mol. The Morgan fingerprint density at radius 3 is 2.72 bits per heavy atom. The Balaban J connectivity index is 1.53. The van der Waals surface area contributed by atoms with Crippen LogP contribution in [0.3, 0.4) is 0 Å². The molecular weight excluding hydrogens is 314 g/mol. The van der Waals surface area contributed by atoms with Gasteiger partial charge in [0.05, 0.1) is 12.3 Å². The molecular formula is C19H33N5O. The van der Waals surface area contributed by atoms with Crippen molar-refractivity contribution in [3.05, 3.63) is 24.2 Å². The Morgan fingerprint density at radius 1 is 1.24 bits per heavy atom. The highest BCUT2D eigenvalue weighted by atomic mass is 16.3. The summed E-state index contributed by atoms with van der Waals surface area (Å²) in [6, 6.07) is 4.95. The number of likely N-dealkylation sites (N-methyl/N-ethyl adjacent to an activating group) is 1. The zero-order chi connectivity index (χ0) is 17.5. The Hall–Kier alpha value is -1.53. The van der Waals surface area contributed by atoms with Gasteiger partial charge in [0, 0.05) is 26.2 Å². The van der Waals surface area contributed by atoms with Gasteiger partial charge in [0.1, 0.15) is 5.76 Å². The fourth-order valence-electron chi connectivity index (χ4n) is 3.99. The Labute approximate surface area is 151 Å². The number of hydrogen-bond donors (Lipinski definition) is 2. The van der Waals surface area contributed by atoms with E-state index in [0.717, 1.165) is 37.9 Å². The standard InChI is InChI=1S/C19H33N5O/c1-20-19(21-14-16-8-6-10-23(16)2)22-15-17(18-9-7-13-25-18)24-11-4-3-5-12-24/h7,9,13,16-17H,3-6,8,10-12,14-15H2,1-2H3,(H2,20,21,22). The van der Waals surface area contributed by atoms with Crippen molar-refractivity contribution in [1.29, 1.82) is 0 Å². The molecule has 0 spiro atoms. The van der Waals surface area contributed by atoms with E-state index in [-0.39, 0.29) is 6.04 Å². The van der Waals surface area contributed by atoms with Crippen molar-refractivity contribution in [2.75, 3.05) is 46.8 Å². The van der Waals surface area contributed by atoms with Crippen LogP contribution in [-0.2, 0) is 0 Å². The van der Waals surface area contributed by atoms with E-state index in [0.29, 0.717) is 6.04 Å². The second-order valence-electron chi connectivity index (χ2n) is 7.24. The molecule has 0 amide bonds. The lowest BCUT2D eigenvalue weighted by Crippen LogP contribution is -2.47. The molecule has 2 saturated heterocycles. The number of aliphatic imine (C=N–C) groups is 1. The molecule has 3 rings (SSSR count). The molecule has 25 heavy (non-hydrogen) atoms. The van der Waals surface area contributed by atoms with Crippen LogP contribution in [-0.4, -0.2) is 68.6 Å². The third kappa shape index (κ3) is 4.98. The van der Waals surface area contributed by atoms with Crippen LogP contribution in [0, 0.1) is 0 Å². The van der Waals surface area contributed by atoms with Gasteiger partial charge >= 0.3 is 0 Å². The number of piperidine rings is 1. The molecule has 6 nitrogen and oxygen atoms in total. The molecule has 3 heterocycles. The molecule has 0 bridgehead atoms. The number of likely N-dealkylation sites (tertiary alicyclic amines) is 2.